The second-order valence-electron chi connectivity index (χ2n) is 4.21. The Hall–Kier alpha value is -1.92. The summed E-state index contributed by atoms with van der Waals surface area (Å²) in [5.74, 6) is -1.27. The largest absolute Gasteiger partial charge is 0.481 e. The molecule has 2 rings (SSSR count). The van der Waals surface area contributed by atoms with Crippen LogP contribution in [0.25, 0.3) is 0 Å². The molecule has 1 aliphatic carbocycles. The smallest absolute Gasteiger partial charge is 0.306 e. The molecule has 1 heterocycles. The van der Waals surface area contributed by atoms with Crippen molar-refractivity contribution in [3.8, 4) is 0 Å². The molecule has 1 aliphatic rings. The highest BCUT2D eigenvalue weighted by Gasteiger charge is 2.30. The molecule has 2 atom stereocenters. The summed E-state index contributed by atoms with van der Waals surface area (Å²) in [6.45, 7) is 0.119. The maximum absolute atomic E-state index is 11.6. The lowest BCUT2D eigenvalue weighted by molar-refractivity contribution is -0.141. The van der Waals surface area contributed by atoms with E-state index in [1.54, 1.807) is 6.20 Å². The Labute approximate surface area is 97.8 Å². The number of carbonyl (C=O) groups excluding carboxylic acids is 1. The van der Waals surface area contributed by atoms with Crippen LogP contribution in [0.5, 0.6) is 0 Å². The minimum atomic E-state index is -0.780. The van der Waals surface area contributed by atoms with Gasteiger partial charge in [-0.1, -0.05) is 5.21 Å². The maximum atomic E-state index is 11.6. The van der Waals surface area contributed by atoms with E-state index in [4.69, 9.17) is 5.11 Å². The highest BCUT2D eigenvalue weighted by atomic mass is 16.4. The molecule has 0 aromatic carbocycles. The number of aliphatic carboxylic acids is 1. The third kappa shape index (κ3) is 3.02. The van der Waals surface area contributed by atoms with Gasteiger partial charge in [-0.05, 0) is 19.3 Å². The Morgan fingerprint density at radius 3 is 2.88 bits per heavy atom. The Balaban J connectivity index is 1.78. The summed E-state index contributed by atoms with van der Waals surface area (Å²) >= 11 is 0. The summed E-state index contributed by atoms with van der Waals surface area (Å²) in [4.78, 5) is 22.3. The highest BCUT2D eigenvalue weighted by molar-refractivity contribution is 5.76. The van der Waals surface area contributed by atoms with Gasteiger partial charge in [0.25, 0.3) is 0 Å². The van der Waals surface area contributed by atoms with Gasteiger partial charge in [0, 0.05) is 12.2 Å². The Bertz CT molecular complexity index is 404. The molecule has 1 saturated carbocycles. The van der Waals surface area contributed by atoms with Crippen molar-refractivity contribution in [1.29, 1.82) is 0 Å². The number of hydrogen-bond acceptors (Lipinski definition) is 4. The van der Waals surface area contributed by atoms with Crippen LogP contribution in [0.3, 0.4) is 0 Å². The molecule has 0 bridgehead atoms. The summed E-state index contributed by atoms with van der Waals surface area (Å²) in [6, 6.07) is -0.0351. The number of nitrogens with one attached hydrogen (secondary N) is 1. The lowest BCUT2D eigenvalue weighted by atomic mass is 10.1. The van der Waals surface area contributed by atoms with Crippen LogP contribution in [-0.2, 0) is 16.1 Å². The molecule has 0 aliphatic heterocycles. The Kier molecular flexibility index (Phi) is 3.36. The summed E-state index contributed by atoms with van der Waals surface area (Å²) in [6.07, 6.45) is 4.97. The monoisotopic (exact) mass is 238 g/mol. The molecule has 17 heavy (non-hydrogen) atoms. The van der Waals surface area contributed by atoms with Crippen molar-refractivity contribution in [3.05, 3.63) is 12.4 Å². The molecular formula is C10H14N4O3. The minimum absolute atomic E-state index is 0.0351. The molecule has 7 heteroatoms. The van der Waals surface area contributed by atoms with E-state index >= 15 is 0 Å². The summed E-state index contributed by atoms with van der Waals surface area (Å²) in [5.41, 5.74) is 0. The number of carboxylic acid groups (broad SMARTS) is 1. The molecule has 0 radical (unpaired) electrons. The molecule has 1 amide bonds. The number of amides is 1. The van der Waals surface area contributed by atoms with E-state index in [-0.39, 0.29) is 24.4 Å². The minimum Gasteiger partial charge on any atom is -0.481 e. The number of hydrogen-bond donors (Lipinski definition) is 2. The molecule has 7 nitrogen and oxygen atoms in total. The van der Waals surface area contributed by atoms with Crippen LogP contribution in [0, 0.1) is 5.92 Å². The maximum Gasteiger partial charge on any atom is 0.306 e. The second-order valence-corrected chi connectivity index (χ2v) is 4.21. The van der Waals surface area contributed by atoms with E-state index in [2.05, 4.69) is 15.6 Å². The number of carboxylic acids is 1. The average molecular weight is 238 g/mol. The van der Waals surface area contributed by atoms with Gasteiger partial charge < -0.3 is 10.4 Å². The first-order valence-electron chi connectivity index (χ1n) is 5.51. The van der Waals surface area contributed by atoms with E-state index in [1.165, 1.54) is 10.9 Å². The Morgan fingerprint density at radius 1 is 1.47 bits per heavy atom. The zero-order valence-corrected chi connectivity index (χ0v) is 9.24. The molecule has 0 saturated heterocycles. The third-order valence-corrected chi connectivity index (χ3v) is 2.92. The van der Waals surface area contributed by atoms with Gasteiger partial charge in [0.2, 0.25) is 5.91 Å². The van der Waals surface area contributed by atoms with E-state index in [0.29, 0.717) is 12.8 Å². The van der Waals surface area contributed by atoms with Crippen molar-refractivity contribution in [1.82, 2.24) is 20.3 Å². The molecule has 1 fully saturated rings. The average Bonchev–Trinajstić information content (AvgIpc) is 2.88. The molecule has 0 spiro atoms. The van der Waals surface area contributed by atoms with Crippen molar-refractivity contribution < 1.29 is 14.7 Å². The van der Waals surface area contributed by atoms with Gasteiger partial charge in [0.05, 0.1) is 12.1 Å². The first-order valence-corrected chi connectivity index (χ1v) is 5.51. The SMILES string of the molecule is O=C(Cn1ccnn1)N[C@H]1CC[C@@H](C(=O)O)C1. The van der Waals surface area contributed by atoms with Crippen molar-refractivity contribution in [3.63, 3.8) is 0 Å². The van der Waals surface area contributed by atoms with Crippen LogP contribution in [0.1, 0.15) is 19.3 Å². The van der Waals surface area contributed by atoms with E-state index < -0.39 is 5.97 Å². The lowest BCUT2D eigenvalue weighted by Gasteiger charge is -2.12. The van der Waals surface area contributed by atoms with Crippen LogP contribution >= 0.6 is 0 Å². The standard InChI is InChI=1S/C10H14N4O3/c15-9(6-14-4-3-11-13-14)12-8-2-1-7(5-8)10(16)17/h3-4,7-8H,1-2,5-6H2,(H,12,15)(H,16,17)/t7-,8+/m1/s1. The fourth-order valence-electron chi connectivity index (χ4n) is 2.07. The molecule has 1 aromatic heterocycles. The van der Waals surface area contributed by atoms with Crippen molar-refractivity contribution >= 4 is 11.9 Å². The summed E-state index contributed by atoms with van der Waals surface area (Å²) in [7, 11) is 0. The van der Waals surface area contributed by atoms with E-state index in [9.17, 15) is 9.59 Å². The number of rotatable bonds is 4. The van der Waals surface area contributed by atoms with Gasteiger partial charge in [0.1, 0.15) is 6.54 Å². The number of nitrogens with zero attached hydrogens (tertiary/aromatic N) is 3. The molecule has 92 valence electrons. The van der Waals surface area contributed by atoms with Gasteiger partial charge in [-0.25, -0.2) is 4.68 Å². The first kappa shape index (κ1) is 11.6. The topological polar surface area (TPSA) is 97.1 Å². The predicted molar refractivity (Wildman–Crippen MR) is 56.9 cm³/mol. The van der Waals surface area contributed by atoms with Crippen molar-refractivity contribution in [2.24, 2.45) is 5.92 Å². The van der Waals surface area contributed by atoms with Crippen LogP contribution in [0.15, 0.2) is 12.4 Å². The Morgan fingerprint density at radius 2 is 2.29 bits per heavy atom. The van der Waals surface area contributed by atoms with E-state index in [0.717, 1.165) is 6.42 Å². The predicted octanol–water partition coefficient (Wildman–Crippen LogP) is -0.352. The normalized spacial score (nSPS) is 23.5. The van der Waals surface area contributed by atoms with Crippen LogP contribution in [-0.4, -0.2) is 38.0 Å². The molecule has 2 N–H and O–H groups in total. The van der Waals surface area contributed by atoms with Gasteiger partial charge in [-0.3, -0.25) is 9.59 Å². The van der Waals surface area contributed by atoms with E-state index in [1.807, 2.05) is 0 Å². The van der Waals surface area contributed by atoms with Gasteiger partial charge in [-0.15, -0.1) is 5.10 Å². The van der Waals surface area contributed by atoms with Gasteiger partial charge in [0.15, 0.2) is 0 Å². The highest BCUT2D eigenvalue weighted by Crippen LogP contribution is 2.25. The number of carbonyl (C=O) groups is 2. The van der Waals surface area contributed by atoms with Gasteiger partial charge in [-0.2, -0.15) is 0 Å². The van der Waals surface area contributed by atoms with Crippen molar-refractivity contribution in [2.45, 2.75) is 31.8 Å². The molecular weight excluding hydrogens is 224 g/mol. The third-order valence-electron chi connectivity index (χ3n) is 2.92. The zero-order chi connectivity index (χ0) is 12.3. The fraction of sp³-hybridized carbons (Fsp3) is 0.600. The second kappa shape index (κ2) is 4.94. The fourth-order valence-corrected chi connectivity index (χ4v) is 2.07. The molecule has 0 unspecified atom stereocenters. The van der Waals surface area contributed by atoms with Gasteiger partial charge >= 0.3 is 5.97 Å². The quantitative estimate of drug-likeness (QED) is 0.747. The molecule has 1 aromatic rings. The van der Waals surface area contributed by atoms with Crippen LogP contribution in [0.2, 0.25) is 0 Å². The van der Waals surface area contributed by atoms with Crippen molar-refractivity contribution in [2.75, 3.05) is 0 Å². The first-order chi connectivity index (χ1) is 8.15. The van der Waals surface area contributed by atoms with Crippen LogP contribution in [0.4, 0.5) is 0 Å². The number of aromatic nitrogens is 3. The summed E-state index contributed by atoms with van der Waals surface area (Å²) in [5, 5.41) is 18.9. The zero-order valence-electron chi connectivity index (χ0n) is 9.24. The summed E-state index contributed by atoms with van der Waals surface area (Å²) < 4.78 is 1.43. The lowest BCUT2D eigenvalue weighted by Crippen LogP contribution is -2.35. The van der Waals surface area contributed by atoms with Crippen LogP contribution < -0.4 is 5.32 Å².